The van der Waals surface area contributed by atoms with Crippen LogP contribution in [0.15, 0.2) is 24.3 Å². The molecule has 1 aromatic carbocycles. The number of aliphatic hydroxyl groups is 1. The van der Waals surface area contributed by atoms with Crippen molar-refractivity contribution >= 4 is 11.7 Å². The number of halogens is 1. The van der Waals surface area contributed by atoms with E-state index in [0.29, 0.717) is 31.5 Å². The Hall–Kier alpha value is -1.75. The number of nitrogens with zero attached hydrogens (tertiary/aromatic N) is 1. The van der Waals surface area contributed by atoms with Gasteiger partial charge >= 0.3 is 0 Å². The smallest absolute Gasteiger partial charge is 0.254 e. The number of likely N-dealkylation sites (tertiary alicyclic amines) is 1. The third-order valence-corrected chi connectivity index (χ3v) is 5.04. The van der Waals surface area contributed by atoms with Gasteiger partial charge in [0.25, 0.3) is 5.91 Å². The molecule has 4 nitrogen and oxygen atoms in total. The largest absolute Gasteiger partial charge is 0.380 e. The van der Waals surface area contributed by atoms with Crippen LogP contribution in [0, 0.1) is 11.7 Å². The van der Waals surface area contributed by atoms with Gasteiger partial charge in [0.05, 0.1) is 0 Å². The molecule has 0 aromatic heterocycles. The van der Waals surface area contributed by atoms with Crippen LogP contribution in [0.5, 0.6) is 0 Å². The highest BCUT2D eigenvalue weighted by atomic mass is 19.1. The normalized spacial score (nSPS) is 23.7. The van der Waals surface area contributed by atoms with Crippen molar-refractivity contribution in [2.24, 2.45) is 5.92 Å². The molecule has 1 aromatic rings. The van der Waals surface area contributed by atoms with Crippen molar-refractivity contribution in [3.8, 4) is 0 Å². The highest BCUT2D eigenvalue weighted by Gasteiger charge is 2.43. The summed E-state index contributed by atoms with van der Waals surface area (Å²) in [4.78, 5) is 26.8. The van der Waals surface area contributed by atoms with E-state index in [0.717, 1.165) is 25.7 Å². The van der Waals surface area contributed by atoms with Crippen molar-refractivity contribution in [3.05, 3.63) is 35.6 Å². The molecule has 1 atom stereocenters. The molecular formula is C18H22FNO3. The molecule has 23 heavy (non-hydrogen) atoms. The first-order valence-electron chi connectivity index (χ1n) is 8.31. The lowest BCUT2D eigenvalue weighted by Gasteiger charge is -2.36. The van der Waals surface area contributed by atoms with Gasteiger partial charge in [-0.3, -0.25) is 9.59 Å². The Labute approximate surface area is 135 Å². The number of ketones is 1. The number of amides is 1. The standard InChI is InChI=1S/C18H22FNO3/c19-15-7-5-13(6-8-15)16(21)14-4-3-11-20(12-14)17(22)18(23)9-1-2-10-18/h5-8,14,23H,1-4,9-12H2. The number of piperidine rings is 1. The number of Topliss-reactive ketones (excluding diaryl/α,β-unsaturated/α-hetero) is 1. The second-order valence-electron chi connectivity index (χ2n) is 6.70. The van der Waals surface area contributed by atoms with Crippen molar-refractivity contribution in [2.45, 2.75) is 44.1 Å². The average molecular weight is 319 g/mol. The van der Waals surface area contributed by atoms with Gasteiger partial charge in [-0.2, -0.15) is 0 Å². The lowest BCUT2D eigenvalue weighted by Crippen LogP contribution is -2.51. The number of carbonyl (C=O) groups is 2. The molecule has 0 spiro atoms. The molecule has 1 unspecified atom stereocenters. The minimum Gasteiger partial charge on any atom is -0.380 e. The van der Waals surface area contributed by atoms with Crippen LogP contribution < -0.4 is 0 Å². The van der Waals surface area contributed by atoms with E-state index < -0.39 is 5.60 Å². The maximum atomic E-state index is 13.0. The molecule has 3 rings (SSSR count). The first-order valence-corrected chi connectivity index (χ1v) is 8.31. The maximum Gasteiger partial charge on any atom is 0.254 e. The summed E-state index contributed by atoms with van der Waals surface area (Å²) in [5, 5.41) is 10.5. The molecule has 2 aliphatic rings. The third-order valence-electron chi connectivity index (χ3n) is 5.04. The fraction of sp³-hybridized carbons (Fsp3) is 0.556. The summed E-state index contributed by atoms with van der Waals surface area (Å²) in [7, 11) is 0. The molecule has 1 aliphatic carbocycles. The van der Waals surface area contributed by atoms with Gasteiger partial charge in [-0.1, -0.05) is 0 Å². The van der Waals surface area contributed by atoms with E-state index in [9.17, 15) is 19.1 Å². The lowest BCUT2D eigenvalue weighted by molar-refractivity contribution is -0.152. The van der Waals surface area contributed by atoms with Crippen molar-refractivity contribution < 1.29 is 19.1 Å². The molecule has 2 fully saturated rings. The molecule has 0 bridgehead atoms. The summed E-state index contributed by atoms with van der Waals surface area (Å²) in [6, 6.07) is 5.53. The third kappa shape index (κ3) is 3.29. The van der Waals surface area contributed by atoms with Gasteiger partial charge in [-0.15, -0.1) is 0 Å². The van der Waals surface area contributed by atoms with Crippen LogP contribution in [-0.2, 0) is 4.79 Å². The number of rotatable bonds is 3. The molecule has 1 aliphatic heterocycles. The Morgan fingerprint density at radius 2 is 1.78 bits per heavy atom. The van der Waals surface area contributed by atoms with E-state index in [-0.39, 0.29) is 23.4 Å². The highest BCUT2D eigenvalue weighted by molar-refractivity contribution is 5.98. The van der Waals surface area contributed by atoms with E-state index in [2.05, 4.69) is 0 Å². The fourth-order valence-corrected chi connectivity index (χ4v) is 3.69. The number of carbonyl (C=O) groups excluding carboxylic acids is 2. The molecular weight excluding hydrogens is 297 g/mol. The Bertz CT molecular complexity index is 593. The fourth-order valence-electron chi connectivity index (χ4n) is 3.69. The van der Waals surface area contributed by atoms with Gasteiger partial charge in [0.1, 0.15) is 11.4 Å². The number of hydrogen-bond donors (Lipinski definition) is 1. The molecule has 1 amide bonds. The summed E-state index contributed by atoms with van der Waals surface area (Å²) >= 11 is 0. The minimum absolute atomic E-state index is 0.0547. The maximum absolute atomic E-state index is 13.0. The van der Waals surface area contributed by atoms with Gasteiger partial charge in [0.15, 0.2) is 5.78 Å². The molecule has 1 N–H and O–H groups in total. The predicted molar refractivity (Wildman–Crippen MR) is 83.5 cm³/mol. The van der Waals surface area contributed by atoms with Crippen LogP contribution in [0.2, 0.25) is 0 Å². The van der Waals surface area contributed by atoms with Gasteiger partial charge in [-0.25, -0.2) is 4.39 Å². The molecule has 124 valence electrons. The summed E-state index contributed by atoms with van der Waals surface area (Å²) in [5.74, 6) is -0.930. The first-order chi connectivity index (χ1) is 11.0. The highest BCUT2D eigenvalue weighted by Crippen LogP contribution is 2.33. The molecule has 1 saturated carbocycles. The Morgan fingerprint density at radius 3 is 2.43 bits per heavy atom. The Morgan fingerprint density at radius 1 is 1.13 bits per heavy atom. The van der Waals surface area contributed by atoms with E-state index in [4.69, 9.17) is 0 Å². The number of benzene rings is 1. The lowest BCUT2D eigenvalue weighted by atomic mass is 9.88. The Kier molecular flexibility index (Phi) is 4.48. The van der Waals surface area contributed by atoms with Crippen LogP contribution in [0.25, 0.3) is 0 Å². The molecule has 1 heterocycles. The van der Waals surface area contributed by atoms with Crippen molar-refractivity contribution in [3.63, 3.8) is 0 Å². The van der Waals surface area contributed by atoms with Crippen LogP contribution in [0.4, 0.5) is 4.39 Å². The average Bonchev–Trinajstić information content (AvgIpc) is 3.02. The summed E-state index contributed by atoms with van der Waals surface area (Å²) in [5.41, 5.74) is -0.758. The quantitative estimate of drug-likeness (QED) is 0.871. The summed E-state index contributed by atoms with van der Waals surface area (Å²) < 4.78 is 13.0. The Balaban J connectivity index is 1.69. The second-order valence-corrected chi connectivity index (χ2v) is 6.70. The summed E-state index contributed by atoms with van der Waals surface area (Å²) in [6.45, 7) is 0.936. The van der Waals surface area contributed by atoms with Crippen LogP contribution in [0.3, 0.4) is 0 Å². The van der Waals surface area contributed by atoms with E-state index in [1.165, 1.54) is 24.3 Å². The van der Waals surface area contributed by atoms with Gasteiger partial charge in [0.2, 0.25) is 0 Å². The SMILES string of the molecule is O=C(c1ccc(F)cc1)C1CCCN(C(=O)C2(O)CCCC2)C1. The zero-order valence-electron chi connectivity index (χ0n) is 13.1. The van der Waals surface area contributed by atoms with Gasteiger partial charge in [-0.05, 0) is 62.8 Å². The summed E-state index contributed by atoms with van der Waals surface area (Å²) in [6.07, 6.45) is 4.23. The van der Waals surface area contributed by atoms with Crippen molar-refractivity contribution in [1.82, 2.24) is 4.90 Å². The second kappa shape index (κ2) is 6.40. The van der Waals surface area contributed by atoms with Gasteiger partial charge in [0, 0.05) is 24.6 Å². The van der Waals surface area contributed by atoms with E-state index in [1.807, 2.05) is 0 Å². The van der Waals surface area contributed by atoms with Crippen LogP contribution >= 0.6 is 0 Å². The van der Waals surface area contributed by atoms with Crippen molar-refractivity contribution in [1.29, 1.82) is 0 Å². The zero-order valence-corrected chi connectivity index (χ0v) is 13.1. The minimum atomic E-state index is -1.24. The number of hydrogen-bond acceptors (Lipinski definition) is 3. The van der Waals surface area contributed by atoms with E-state index in [1.54, 1.807) is 4.90 Å². The topological polar surface area (TPSA) is 57.6 Å². The van der Waals surface area contributed by atoms with Crippen LogP contribution in [-0.4, -0.2) is 40.4 Å². The predicted octanol–water partition coefficient (Wildman–Crippen LogP) is 2.55. The zero-order chi connectivity index (χ0) is 16.4. The van der Waals surface area contributed by atoms with Crippen molar-refractivity contribution in [2.75, 3.05) is 13.1 Å². The van der Waals surface area contributed by atoms with E-state index >= 15 is 0 Å². The molecule has 5 heteroatoms. The van der Waals surface area contributed by atoms with Crippen LogP contribution in [0.1, 0.15) is 48.9 Å². The monoisotopic (exact) mass is 319 g/mol. The first kappa shape index (κ1) is 16.1. The molecule has 1 saturated heterocycles. The molecule has 0 radical (unpaired) electrons. The van der Waals surface area contributed by atoms with Gasteiger partial charge < -0.3 is 10.0 Å².